The molecular weight excluding hydrogens is 254 g/mol. The fourth-order valence-corrected chi connectivity index (χ4v) is 4.95. The van der Waals surface area contributed by atoms with Gasteiger partial charge in [-0.1, -0.05) is 20.3 Å². The summed E-state index contributed by atoms with van der Waals surface area (Å²) in [6.45, 7) is 4.55. The number of nitrogens with zero attached hydrogens (tertiary/aromatic N) is 1. The molecule has 2 aliphatic carbocycles. The Morgan fingerprint density at radius 2 is 2.16 bits per heavy atom. The summed E-state index contributed by atoms with van der Waals surface area (Å²) in [7, 11) is 0. The maximum Gasteiger partial charge on any atom is 0.0812 e. The third kappa shape index (κ3) is 2.36. The largest absolute Gasteiger partial charge is 0.388 e. The lowest BCUT2D eigenvalue weighted by Gasteiger charge is -2.35. The Kier molecular flexibility index (Phi) is 3.46. The molecule has 0 spiro atoms. The summed E-state index contributed by atoms with van der Waals surface area (Å²) in [4.78, 5) is 0. The topological polar surface area (TPSA) is 25.2 Å². The third-order valence-corrected chi connectivity index (χ3v) is 6.04. The van der Waals surface area contributed by atoms with Gasteiger partial charge in [-0.15, -0.1) is 0 Å². The highest BCUT2D eigenvalue weighted by atomic mass is 32.2. The molecule has 0 aromatic carbocycles. The third-order valence-electron chi connectivity index (χ3n) is 4.89. The average molecular weight is 279 g/mol. The van der Waals surface area contributed by atoms with Gasteiger partial charge in [0.1, 0.15) is 0 Å². The Morgan fingerprint density at radius 3 is 2.89 bits per heavy atom. The number of aliphatic hydroxyl groups is 1. The molecule has 1 N–H and O–H groups in total. The van der Waals surface area contributed by atoms with E-state index in [0.29, 0.717) is 6.04 Å². The van der Waals surface area contributed by atoms with Gasteiger partial charge in [0, 0.05) is 28.7 Å². The second-order valence-corrected chi connectivity index (χ2v) is 8.04. The van der Waals surface area contributed by atoms with E-state index in [1.165, 1.54) is 30.5 Å². The molecule has 3 unspecified atom stereocenters. The molecule has 2 aliphatic rings. The van der Waals surface area contributed by atoms with Gasteiger partial charge in [-0.2, -0.15) is 11.8 Å². The van der Waals surface area contributed by atoms with Gasteiger partial charge in [0.05, 0.1) is 6.10 Å². The molecule has 0 radical (unpaired) electrons. The normalized spacial score (nSPS) is 33.4. The highest BCUT2D eigenvalue weighted by molar-refractivity contribution is 7.99. The smallest absolute Gasteiger partial charge is 0.0812 e. The first-order valence-corrected chi connectivity index (χ1v) is 8.71. The second-order valence-electron chi connectivity index (χ2n) is 6.96. The van der Waals surface area contributed by atoms with Gasteiger partial charge >= 0.3 is 0 Å². The van der Waals surface area contributed by atoms with Gasteiger partial charge in [-0.25, -0.2) is 0 Å². The lowest BCUT2D eigenvalue weighted by molar-refractivity contribution is 0.0975. The van der Waals surface area contributed by atoms with E-state index in [1.54, 1.807) is 0 Å². The summed E-state index contributed by atoms with van der Waals surface area (Å²) in [6, 6.07) is 2.80. The van der Waals surface area contributed by atoms with E-state index in [1.807, 2.05) is 11.8 Å². The molecule has 106 valence electrons. The number of fused-ring (bicyclic) bond motifs is 1. The second kappa shape index (κ2) is 4.85. The summed E-state index contributed by atoms with van der Waals surface area (Å²) >= 11 is 2.01. The maximum absolute atomic E-state index is 10.4. The number of aliphatic hydroxyl groups excluding tert-OH is 1. The van der Waals surface area contributed by atoms with E-state index in [9.17, 15) is 5.11 Å². The predicted octanol–water partition coefficient (Wildman–Crippen LogP) is 3.95. The molecule has 1 fully saturated rings. The lowest BCUT2D eigenvalue weighted by Crippen LogP contribution is -2.28. The molecule has 0 bridgehead atoms. The van der Waals surface area contributed by atoms with Gasteiger partial charge in [0.15, 0.2) is 0 Å². The number of hydrogen-bond acceptors (Lipinski definition) is 2. The van der Waals surface area contributed by atoms with Crippen molar-refractivity contribution in [2.24, 2.45) is 5.41 Å². The van der Waals surface area contributed by atoms with Crippen LogP contribution in [-0.2, 0) is 6.42 Å². The number of rotatable bonds is 2. The first kappa shape index (κ1) is 13.6. The maximum atomic E-state index is 10.4. The minimum atomic E-state index is -0.269. The van der Waals surface area contributed by atoms with Crippen molar-refractivity contribution in [2.75, 3.05) is 6.26 Å². The highest BCUT2D eigenvalue weighted by Crippen LogP contribution is 2.45. The number of thioether (sulfide) groups is 1. The number of hydrogen-bond donors (Lipinski definition) is 1. The minimum absolute atomic E-state index is 0.218. The van der Waals surface area contributed by atoms with Crippen LogP contribution >= 0.6 is 11.8 Å². The quantitative estimate of drug-likeness (QED) is 0.886. The van der Waals surface area contributed by atoms with Crippen molar-refractivity contribution < 1.29 is 5.11 Å². The van der Waals surface area contributed by atoms with Crippen LogP contribution in [0.25, 0.3) is 0 Å². The van der Waals surface area contributed by atoms with Crippen LogP contribution in [0.15, 0.2) is 12.3 Å². The molecule has 0 aliphatic heterocycles. The first-order chi connectivity index (χ1) is 9.02. The molecule has 19 heavy (non-hydrogen) atoms. The summed E-state index contributed by atoms with van der Waals surface area (Å²) in [5.74, 6) is 0. The summed E-state index contributed by atoms with van der Waals surface area (Å²) in [5, 5.41) is 11.1. The zero-order valence-electron chi connectivity index (χ0n) is 12.2. The fourth-order valence-electron chi connectivity index (χ4n) is 3.96. The van der Waals surface area contributed by atoms with Crippen LogP contribution in [0.5, 0.6) is 0 Å². The molecule has 3 atom stereocenters. The molecule has 1 saturated carbocycles. The zero-order valence-corrected chi connectivity index (χ0v) is 13.0. The zero-order chi connectivity index (χ0) is 13.6. The molecule has 0 amide bonds. The van der Waals surface area contributed by atoms with Crippen molar-refractivity contribution in [1.29, 1.82) is 0 Å². The standard InChI is InChI=1S/C16H25NOS/c1-16(2)9-13-11(14(18)10-16)7-8-17(13)12-5-4-6-15(12)19-3/h7-8,12,14-15,18H,4-6,9-10H2,1-3H3. The van der Waals surface area contributed by atoms with Gasteiger partial charge in [0.25, 0.3) is 0 Å². The minimum Gasteiger partial charge on any atom is -0.388 e. The molecule has 3 rings (SSSR count). The fraction of sp³-hybridized carbons (Fsp3) is 0.750. The molecule has 3 heteroatoms. The lowest BCUT2D eigenvalue weighted by atomic mass is 9.75. The van der Waals surface area contributed by atoms with Crippen molar-refractivity contribution in [1.82, 2.24) is 4.57 Å². The van der Waals surface area contributed by atoms with Gasteiger partial charge in [-0.05, 0) is 43.4 Å². The molecule has 1 heterocycles. The summed E-state index contributed by atoms with van der Waals surface area (Å²) in [6.07, 6.45) is 10.2. The van der Waals surface area contributed by atoms with Crippen molar-refractivity contribution in [3.63, 3.8) is 0 Å². The van der Waals surface area contributed by atoms with Gasteiger partial charge in [0.2, 0.25) is 0 Å². The van der Waals surface area contributed by atoms with Crippen LogP contribution in [0.2, 0.25) is 0 Å². The Bertz CT molecular complexity index is 465. The Labute approximate surface area is 120 Å². The van der Waals surface area contributed by atoms with E-state index in [4.69, 9.17) is 0 Å². The van der Waals surface area contributed by atoms with Crippen LogP contribution < -0.4 is 0 Å². The Morgan fingerprint density at radius 1 is 1.37 bits per heavy atom. The van der Waals surface area contributed by atoms with E-state index >= 15 is 0 Å². The van der Waals surface area contributed by atoms with Crippen molar-refractivity contribution >= 4 is 11.8 Å². The van der Waals surface area contributed by atoms with Crippen molar-refractivity contribution in [2.45, 2.75) is 63.3 Å². The monoisotopic (exact) mass is 279 g/mol. The van der Waals surface area contributed by atoms with Crippen LogP contribution in [0.1, 0.15) is 62.9 Å². The van der Waals surface area contributed by atoms with Crippen molar-refractivity contribution in [3.8, 4) is 0 Å². The van der Waals surface area contributed by atoms with E-state index < -0.39 is 0 Å². The number of aromatic nitrogens is 1. The molecule has 2 nitrogen and oxygen atoms in total. The molecule has 0 saturated heterocycles. The highest BCUT2D eigenvalue weighted by Gasteiger charge is 2.36. The Hall–Kier alpha value is -0.410. The van der Waals surface area contributed by atoms with Crippen LogP contribution in [-0.4, -0.2) is 21.2 Å². The Balaban J connectivity index is 1.97. The van der Waals surface area contributed by atoms with Crippen molar-refractivity contribution in [3.05, 3.63) is 23.5 Å². The van der Waals surface area contributed by atoms with Crippen LogP contribution in [0.4, 0.5) is 0 Å². The van der Waals surface area contributed by atoms with Gasteiger partial charge < -0.3 is 9.67 Å². The SMILES string of the molecule is CSC1CCCC1n1ccc2c1CC(C)(C)CC2O. The first-order valence-electron chi connectivity index (χ1n) is 7.42. The molecule has 1 aromatic rings. The van der Waals surface area contributed by atoms with Crippen LogP contribution in [0, 0.1) is 5.41 Å². The average Bonchev–Trinajstić information content (AvgIpc) is 2.92. The van der Waals surface area contributed by atoms with E-state index in [0.717, 1.165) is 18.1 Å². The predicted molar refractivity (Wildman–Crippen MR) is 81.7 cm³/mol. The summed E-state index contributed by atoms with van der Waals surface area (Å²) < 4.78 is 2.49. The van der Waals surface area contributed by atoms with E-state index in [2.05, 4.69) is 36.9 Å². The molecular formula is C16H25NOS. The van der Waals surface area contributed by atoms with E-state index in [-0.39, 0.29) is 11.5 Å². The summed E-state index contributed by atoms with van der Waals surface area (Å²) in [5.41, 5.74) is 2.80. The van der Waals surface area contributed by atoms with Crippen LogP contribution in [0.3, 0.4) is 0 Å². The van der Waals surface area contributed by atoms with Gasteiger partial charge in [-0.3, -0.25) is 0 Å². The molecule has 1 aromatic heterocycles.